The summed E-state index contributed by atoms with van der Waals surface area (Å²) in [7, 11) is 0. The molecule has 0 radical (unpaired) electrons. The van der Waals surface area contributed by atoms with Crippen LogP contribution < -0.4 is 0 Å². The number of furan rings is 1. The van der Waals surface area contributed by atoms with Gasteiger partial charge in [0.05, 0.1) is 11.2 Å². The lowest BCUT2D eigenvalue weighted by Gasteiger charge is -2.14. The maximum atomic E-state index is 6.69. The summed E-state index contributed by atoms with van der Waals surface area (Å²) in [5, 5.41) is 5.66. The third-order valence-corrected chi connectivity index (χ3v) is 7.97. The molecule has 0 atom stereocenters. The van der Waals surface area contributed by atoms with Crippen molar-refractivity contribution in [2.75, 3.05) is 0 Å². The average Bonchev–Trinajstić information content (AvgIpc) is 3.31. The summed E-state index contributed by atoms with van der Waals surface area (Å²) in [6.45, 7) is 10.8. The highest BCUT2D eigenvalue weighted by Crippen LogP contribution is 2.41. The Bertz CT molecular complexity index is 2060. The highest BCUT2D eigenvalue weighted by molar-refractivity contribution is 6.15. The molecule has 0 fully saturated rings. The number of hydrogen-bond acceptors (Lipinski definition) is 3. The number of hydrogen-bond donors (Lipinski definition) is 0. The number of rotatable bonds is 3. The molecule has 0 saturated carbocycles. The minimum Gasteiger partial charge on any atom is -0.455 e. The molecule has 190 valence electrons. The summed E-state index contributed by atoms with van der Waals surface area (Å²) < 4.78 is 6.69. The van der Waals surface area contributed by atoms with Crippen LogP contribution in [-0.4, -0.2) is 9.97 Å². The van der Waals surface area contributed by atoms with Crippen molar-refractivity contribution in [3.05, 3.63) is 107 Å². The van der Waals surface area contributed by atoms with Crippen LogP contribution in [0.2, 0.25) is 0 Å². The van der Waals surface area contributed by atoms with Gasteiger partial charge in [-0.25, -0.2) is 9.97 Å². The molecule has 0 spiro atoms. The van der Waals surface area contributed by atoms with Gasteiger partial charge in [-0.1, -0.05) is 74.5 Å². The molecule has 0 aliphatic carbocycles. The fraction of sp³-hybridized carbons (Fsp3) is 0.167. The van der Waals surface area contributed by atoms with Gasteiger partial charge >= 0.3 is 0 Å². The van der Waals surface area contributed by atoms with E-state index < -0.39 is 0 Å². The first-order valence-corrected chi connectivity index (χ1v) is 13.6. The predicted molar refractivity (Wildman–Crippen MR) is 163 cm³/mol. The van der Waals surface area contributed by atoms with Crippen LogP contribution in [0.15, 0.2) is 89.3 Å². The summed E-state index contributed by atoms with van der Waals surface area (Å²) >= 11 is 0. The monoisotopic (exact) mass is 506 g/mol. The van der Waals surface area contributed by atoms with Crippen LogP contribution in [0.1, 0.15) is 42.3 Å². The second-order valence-corrected chi connectivity index (χ2v) is 11.0. The van der Waals surface area contributed by atoms with Gasteiger partial charge in [0, 0.05) is 33.0 Å². The van der Waals surface area contributed by atoms with Crippen LogP contribution in [0, 0.1) is 20.8 Å². The van der Waals surface area contributed by atoms with E-state index >= 15 is 0 Å². The topological polar surface area (TPSA) is 38.9 Å². The fourth-order valence-corrected chi connectivity index (χ4v) is 6.03. The average molecular weight is 507 g/mol. The Morgan fingerprint density at radius 2 is 1.33 bits per heavy atom. The Morgan fingerprint density at radius 3 is 2.10 bits per heavy atom. The second-order valence-electron chi connectivity index (χ2n) is 11.0. The molecule has 0 N–H and O–H groups in total. The van der Waals surface area contributed by atoms with Crippen molar-refractivity contribution in [3.63, 3.8) is 0 Å². The minimum absolute atomic E-state index is 0.197. The predicted octanol–water partition coefficient (Wildman–Crippen LogP) is 10.1. The van der Waals surface area contributed by atoms with E-state index in [1.165, 1.54) is 33.2 Å². The maximum absolute atomic E-state index is 6.69. The summed E-state index contributed by atoms with van der Waals surface area (Å²) in [5.74, 6) is 1.04. The number of aryl methyl sites for hydroxylation is 3. The van der Waals surface area contributed by atoms with E-state index in [4.69, 9.17) is 14.4 Å². The van der Waals surface area contributed by atoms with Crippen molar-refractivity contribution in [2.45, 2.75) is 40.5 Å². The molecule has 2 heterocycles. The van der Waals surface area contributed by atoms with Crippen molar-refractivity contribution in [1.82, 2.24) is 9.97 Å². The van der Waals surface area contributed by atoms with Gasteiger partial charge in [0.2, 0.25) is 0 Å². The molecule has 0 unspecified atom stereocenters. The second kappa shape index (κ2) is 8.78. The molecular formula is C36H30N2O. The van der Waals surface area contributed by atoms with E-state index in [1.807, 2.05) is 0 Å². The van der Waals surface area contributed by atoms with Gasteiger partial charge in [-0.15, -0.1) is 0 Å². The first-order chi connectivity index (χ1) is 18.9. The lowest BCUT2D eigenvalue weighted by molar-refractivity contribution is 0.670. The molecule has 0 bridgehead atoms. The smallest absolute Gasteiger partial charge is 0.144 e. The molecule has 3 heteroatoms. The maximum Gasteiger partial charge on any atom is 0.144 e. The Labute approximate surface area is 228 Å². The van der Waals surface area contributed by atoms with Crippen molar-refractivity contribution in [2.24, 2.45) is 0 Å². The lowest BCUT2D eigenvalue weighted by Crippen LogP contribution is -2.01. The van der Waals surface area contributed by atoms with Gasteiger partial charge in [-0.3, -0.25) is 0 Å². The molecule has 3 nitrogen and oxygen atoms in total. The first-order valence-electron chi connectivity index (χ1n) is 13.6. The van der Waals surface area contributed by atoms with E-state index in [2.05, 4.69) is 120 Å². The van der Waals surface area contributed by atoms with Crippen LogP contribution in [-0.2, 0) is 0 Å². The Morgan fingerprint density at radius 1 is 0.615 bits per heavy atom. The van der Waals surface area contributed by atoms with E-state index in [-0.39, 0.29) is 5.92 Å². The van der Waals surface area contributed by atoms with Crippen molar-refractivity contribution in [1.29, 1.82) is 0 Å². The molecule has 0 aliphatic heterocycles. The molecule has 0 saturated heterocycles. The van der Waals surface area contributed by atoms with Crippen LogP contribution >= 0.6 is 0 Å². The largest absolute Gasteiger partial charge is 0.455 e. The summed E-state index contributed by atoms with van der Waals surface area (Å²) in [4.78, 5) is 10.2. The summed E-state index contributed by atoms with van der Waals surface area (Å²) in [6, 6.07) is 30.2. The van der Waals surface area contributed by atoms with Crippen LogP contribution in [0.4, 0.5) is 0 Å². The quantitative estimate of drug-likeness (QED) is 0.224. The van der Waals surface area contributed by atoms with Gasteiger partial charge in [0.1, 0.15) is 17.0 Å². The van der Waals surface area contributed by atoms with Crippen molar-refractivity contribution < 1.29 is 4.42 Å². The van der Waals surface area contributed by atoms with Crippen LogP contribution in [0.25, 0.3) is 66.0 Å². The standard InChI is InChI=1S/C36H30N2O/c1-20(2)36-37-33-27-13-7-6-12-25(27)23(5)18-30(33)34(38-36)29-15-9-14-28-26-17-16-24(19-31(26)39-35(28)29)32-21(3)10-8-11-22(32)4/h6-20H,1-5H3. The molecule has 2 aromatic heterocycles. The highest BCUT2D eigenvalue weighted by Gasteiger charge is 2.20. The van der Waals surface area contributed by atoms with Crippen molar-refractivity contribution >= 4 is 43.6 Å². The molecule has 39 heavy (non-hydrogen) atoms. The zero-order chi connectivity index (χ0) is 26.8. The molecule has 5 aromatic carbocycles. The third-order valence-electron chi connectivity index (χ3n) is 7.97. The van der Waals surface area contributed by atoms with Gasteiger partial charge in [0.25, 0.3) is 0 Å². The normalized spacial score (nSPS) is 11.9. The third kappa shape index (κ3) is 3.64. The number of nitrogens with zero attached hydrogens (tertiary/aromatic N) is 2. The van der Waals surface area contributed by atoms with Crippen molar-refractivity contribution in [3.8, 4) is 22.4 Å². The number of benzene rings is 5. The van der Waals surface area contributed by atoms with Crippen LogP contribution in [0.3, 0.4) is 0 Å². The zero-order valence-electron chi connectivity index (χ0n) is 23.0. The lowest BCUT2D eigenvalue weighted by atomic mass is 9.95. The molecule has 7 rings (SSSR count). The number of aromatic nitrogens is 2. The number of para-hydroxylation sites is 1. The fourth-order valence-electron chi connectivity index (χ4n) is 6.03. The van der Waals surface area contributed by atoms with E-state index in [9.17, 15) is 0 Å². The Hall–Kier alpha value is -4.50. The van der Waals surface area contributed by atoms with Crippen LogP contribution in [0.5, 0.6) is 0 Å². The molecule has 0 aliphatic rings. The molecule has 7 aromatic rings. The highest BCUT2D eigenvalue weighted by atomic mass is 16.3. The Balaban J connectivity index is 1.53. The van der Waals surface area contributed by atoms with E-state index in [0.29, 0.717) is 0 Å². The first kappa shape index (κ1) is 23.6. The molecule has 0 amide bonds. The van der Waals surface area contributed by atoms with Gasteiger partial charge < -0.3 is 4.42 Å². The van der Waals surface area contributed by atoms with E-state index in [0.717, 1.165) is 55.3 Å². The zero-order valence-corrected chi connectivity index (χ0v) is 23.0. The number of fused-ring (bicyclic) bond motifs is 6. The molecular weight excluding hydrogens is 476 g/mol. The van der Waals surface area contributed by atoms with E-state index in [1.54, 1.807) is 0 Å². The Kier molecular flexibility index (Phi) is 5.31. The SMILES string of the molecule is Cc1cccc(C)c1-c1ccc2c(c1)oc1c(-c3nc(C(C)C)nc4c3cc(C)c3ccccc34)cccc12. The van der Waals surface area contributed by atoms with Gasteiger partial charge in [0.15, 0.2) is 0 Å². The van der Waals surface area contributed by atoms with Gasteiger partial charge in [-0.05, 0) is 78.2 Å². The summed E-state index contributed by atoms with van der Waals surface area (Å²) in [5.41, 5.74) is 10.9. The minimum atomic E-state index is 0.197. The summed E-state index contributed by atoms with van der Waals surface area (Å²) in [6.07, 6.45) is 0. The van der Waals surface area contributed by atoms with Gasteiger partial charge in [-0.2, -0.15) is 0 Å².